The van der Waals surface area contributed by atoms with Crippen LogP contribution >= 0.6 is 0 Å². The minimum absolute atomic E-state index is 0.0910. The van der Waals surface area contributed by atoms with Gasteiger partial charge in [0.25, 0.3) is 5.91 Å². The Morgan fingerprint density at radius 3 is 2.16 bits per heavy atom. The smallest absolute Gasteiger partial charge is 0.407 e. The number of carbonyl (C=O) groups excluding carboxylic acids is 2. The average Bonchev–Trinajstić information content (AvgIpc) is 3.09. The van der Waals surface area contributed by atoms with E-state index in [1.807, 2.05) is 54.0 Å². The van der Waals surface area contributed by atoms with Crippen LogP contribution in [-0.2, 0) is 23.9 Å². The standard InChI is InChI=1S/C22H24N2O7/c1-13(21(26)27)31-24-20(25)19(12-29-2)23-22(28)30-11-18-16-9-5-3-7-14(16)15-8-4-6-10-17(15)18/h3-10,13,18-19H,11-12H2,1-2H3,(H,23,28)(H,24,25)(H,26,27). The summed E-state index contributed by atoms with van der Waals surface area (Å²) in [5.41, 5.74) is 6.35. The molecule has 2 unspecified atom stereocenters. The lowest BCUT2D eigenvalue weighted by Crippen LogP contribution is -2.50. The average molecular weight is 428 g/mol. The van der Waals surface area contributed by atoms with Gasteiger partial charge in [-0.25, -0.2) is 15.1 Å². The fourth-order valence-corrected chi connectivity index (χ4v) is 3.40. The van der Waals surface area contributed by atoms with Gasteiger partial charge in [0.2, 0.25) is 0 Å². The number of amides is 2. The monoisotopic (exact) mass is 428 g/mol. The van der Waals surface area contributed by atoms with E-state index in [-0.39, 0.29) is 19.1 Å². The summed E-state index contributed by atoms with van der Waals surface area (Å²) in [6.45, 7) is 1.20. The fraction of sp³-hybridized carbons (Fsp3) is 0.318. The molecule has 0 saturated heterocycles. The Bertz CT molecular complexity index is 917. The zero-order valence-electron chi connectivity index (χ0n) is 17.2. The molecular formula is C22H24N2O7. The highest BCUT2D eigenvalue weighted by molar-refractivity contribution is 5.85. The molecule has 3 rings (SSSR count). The Balaban J connectivity index is 1.61. The molecule has 9 nitrogen and oxygen atoms in total. The van der Waals surface area contributed by atoms with Crippen molar-refractivity contribution >= 4 is 18.0 Å². The molecule has 3 N–H and O–H groups in total. The van der Waals surface area contributed by atoms with E-state index >= 15 is 0 Å². The summed E-state index contributed by atoms with van der Waals surface area (Å²) >= 11 is 0. The van der Waals surface area contributed by atoms with Gasteiger partial charge in [0.05, 0.1) is 6.61 Å². The first-order valence-electron chi connectivity index (χ1n) is 9.71. The number of aliphatic carboxylic acids is 1. The number of hydrogen-bond donors (Lipinski definition) is 3. The van der Waals surface area contributed by atoms with Crippen LogP contribution in [0, 0.1) is 0 Å². The molecule has 2 amide bonds. The van der Waals surface area contributed by atoms with Gasteiger partial charge in [-0.3, -0.25) is 9.63 Å². The summed E-state index contributed by atoms with van der Waals surface area (Å²) in [6.07, 6.45) is -2.05. The van der Waals surface area contributed by atoms with E-state index in [9.17, 15) is 14.4 Å². The number of carbonyl (C=O) groups is 3. The first kappa shape index (κ1) is 22.3. The molecule has 0 spiro atoms. The molecule has 1 aliphatic carbocycles. The van der Waals surface area contributed by atoms with E-state index in [1.54, 1.807) is 0 Å². The van der Waals surface area contributed by atoms with Crippen molar-refractivity contribution in [2.24, 2.45) is 0 Å². The number of alkyl carbamates (subject to hydrolysis) is 1. The van der Waals surface area contributed by atoms with Crippen molar-refractivity contribution in [1.29, 1.82) is 0 Å². The van der Waals surface area contributed by atoms with Crippen molar-refractivity contribution in [2.75, 3.05) is 20.3 Å². The summed E-state index contributed by atoms with van der Waals surface area (Å²) in [6, 6.07) is 14.8. The lowest BCUT2D eigenvalue weighted by molar-refractivity contribution is -0.159. The van der Waals surface area contributed by atoms with Crippen LogP contribution in [0.2, 0.25) is 0 Å². The van der Waals surface area contributed by atoms with Gasteiger partial charge in [-0.15, -0.1) is 0 Å². The Labute approximate surface area is 179 Å². The van der Waals surface area contributed by atoms with Crippen LogP contribution in [-0.4, -0.2) is 55.5 Å². The van der Waals surface area contributed by atoms with Crippen molar-refractivity contribution in [2.45, 2.75) is 25.0 Å². The highest BCUT2D eigenvalue weighted by Crippen LogP contribution is 2.44. The maximum atomic E-state index is 12.4. The third-order valence-corrected chi connectivity index (χ3v) is 4.97. The van der Waals surface area contributed by atoms with Crippen molar-refractivity contribution in [3.05, 3.63) is 59.7 Å². The van der Waals surface area contributed by atoms with Gasteiger partial charge in [-0.1, -0.05) is 48.5 Å². The molecule has 2 aromatic rings. The molecular weight excluding hydrogens is 404 g/mol. The minimum atomic E-state index is -1.25. The van der Waals surface area contributed by atoms with Gasteiger partial charge in [-0.2, -0.15) is 0 Å². The van der Waals surface area contributed by atoms with Crippen LogP contribution in [0.25, 0.3) is 11.1 Å². The second kappa shape index (κ2) is 10.1. The molecule has 2 aromatic carbocycles. The second-order valence-electron chi connectivity index (χ2n) is 7.04. The highest BCUT2D eigenvalue weighted by Gasteiger charge is 2.30. The zero-order chi connectivity index (χ0) is 22.4. The quantitative estimate of drug-likeness (QED) is 0.523. The van der Waals surface area contributed by atoms with Gasteiger partial charge in [0, 0.05) is 13.0 Å². The SMILES string of the molecule is COCC(NC(=O)OCC1c2ccccc2-c2ccccc21)C(=O)NOC(C)C(=O)O. The fourth-order valence-electron chi connectivity index (χ4n) is 3.40. The van der Waals surface area contributed by atoms with Gasteiger partial charge >= 0.3 is 12.1 Å². The molecule has 0 fully saturated rings. The summed E-state index contributed by atoms with van der Waals surface area (Å²) in [4.78, 5) is 40.1. The van der Waals surface area contributed by atoms with Gasteiger partial charge in [0.1, 0.15) is 12.6 Å². The molecule has 0 bridgehead atoms. The molecule has 164 valence electrons. The Morgan fingerprint density at radius 2 is 1.61 bits per heavy atom. The topological polar surface area (TPSA) is 123 Å². The number of carboxylic acid groups (broad SMARTS) is 1. The second-order valence-corrected chi connectivity index (χ2v) is 7.04. The predicted octanol–water partition coefficient (Wildman–Crippen LogP) is 2.06. The maximum Gasteiger partial charge on any atom is 0.407 e. The predicted molar refractivity (Wildman–Crippen MR) is 110 cm³/mol. The minimum Gasteiger partial charge on any atom is -0.479 e. The number of hydrogen-bond acceptors (Lipinski definition) is 6. The molecule has 0 radical (unpaired) electrons. The first-order chi connectivity index (χ1) is 14.9. The molecule has 0 heterocycles. The van der Waals surface area contributed by atoms with Crippen LogP contribution in [0.4, 0.5) is 4.79 Å². The molecule has 9 heteroatoms. The zero-order valence-corrected chi connectivity index (χ0v) is 17.2. The number of ether oxygens (including phenoxy) is 2. The lowest BCUT2D eigenvalue weighted by Gasteiger charge is -2.19. The first-order valence-corrected chi connectivity index (χ1v) is 9.71. The van der Waals surface area contributed by atoms with E-state index in [2.05, 4.69) is 5.32 Å². The summed E-state index contributed by atoms with van der Waals surface area (Å²) < 4.78 is 10.4. The maximum absolute atomic E-state index is 12.4. The number of fused-ring (bicyclic) bond motifs is 3. The van der Waals surface area contributed by atoms with Crippen LogP contribution < -0.4 is 10.8 Å². The Morgan fingerprint density at radius 1 is 1.03 bits per heavy atom. The molecule has 0 saturated carbocycles. The third-order valence-electron chi connectivity index (χ3n) is 4.97. The van der Waals surface area contributed by atoms with Crippen LogP contribution in [0.1, 0.15) is 24.0 Å². The van der Waals surface area contributed by atoms with Crippen molar-refractivity contribution in [3.8, 4) is 11.1 Å². The van der Waals surface area contributed by atoms with Crippen molar-refractivity contribution < 1.29 is 33.8 Å². The van der Waals surface area contributed by atoms with Crippen LogP contribution in [0.3, 0.4) is 0 Å². The normalized spacial score (nSPS) is 14.1. The number of rotatable bonds is 9. The molecule has 0 aliphatic heterocycles. The largest absolute Gasteiger partial charge is 0.479 e. The Hall–Kier alpha value is -3.43. The van der Waals surface area contributed by atoms with Crippen molar-refractivity contribution in [3.63, 3.8) is 0 Å². The van der Waals surface area contributed by atoms with Gasteiger partial charge < -0.3 is 19.9 Å². The summed E-state index contributed by atoms with van der Waals surface area (Å²) in [7, 11) is 1.36. The van der Waals surface area contributed by atoms with Crippen LogP contribution in [0.5, 0.6) is 0 Å². The number of carboxylic acids is 1. The van der Waals surface area contributed by atoms with E-state index in [0.29, 0.717) is 0 Å². The van der Waals surface area contributed by atoms with Crippen LogP contribution in [0.15, 0.2) is 48.5 Å². The Kier molecular flexibility index (Phi) is 7.22. The van der Waals surface area contributed by atoms with Gasteiger partial charge in [-0.05, 0) is 29.2 Å². The van der Waals surface area contributed by atoms with E-state index in [1.165, 1.54) is 14.0 Å². The molecule has 1 aliphatic rings. The number of benzene rings is 2. The van der Waals surface area contributed by atoms with Gasteiger partial charge in [0.15, 0.2) is 6.10 Å². The highest BCUT2D eigenvalue weighted by atomic mass is 16.7. The van der Waals surface area contributed by atoms with E-state index < -0.39 is 30.1 Å². The molecule has 2 atom stereocenters. The summed E-state index contributed by atoms with van der Waals surface area (Å²) in [5.74, 6) is -2.12. The number of hydroxylamine groups is 1. The third kappa shape index (κ3) is 5.19. The molecule has 0 aromatic heterocycles. The van der Waals surface area contributed by atoms with Crippen molar-refractivity contribution in [1.82, 2.24) is 10.8 Å². The number of nitrogens with one attached hydrogen (secondary N) is 2. The molecule has 31 heavy (non-hydrogen) atoms. The van der Waals surface area contributed by atoms with E-state index in [0.717, 1.165) is 22.3 Å². The lowest BCUT2D eigenvalue weighted by atomic mass is 9.98. The van der Waals surface area contributed by atoms with E-state index in [4.69, 9.17) is 19.4 Å². The summed E-state index contributed by atoms with van der Waals surface area (Å²) in [5, 5.41) is 11.2. The number of methoxy groups -OCH3 is 1.